The molecule has 19 heavy (non-hydrogen) atoms. The van der Waals surface area contributed by atoms with Gasteiger partial charge < -0.3 is 15.2 Å². The van der Waals surface area contributed by atoms with Crippen LogP contribution < -0.4 is 10.5 Å². The second-order valence-corrected chi connectivity index (χ2v) is 4.56. The molecule has 1 aromatic carbocycles. The van der Waals surface area contributed by atoms with Crippen LogP contribution in [0.3, 0.4) is 0 Å². The lowest BCUT2D eigenvalue weighted by molar-refractivity contribution is 0.0666. The number of nitrogens with zero attached hydrogens (tertiary/aromatic N) is 1. The first-order chi connectivity index (χ1) is 9.19. The van der Waals surface area contributed by atoms with Gasteiger partial charge in [0.05, 0.1) is 17.7 Å². The Bertz CT molecular complexity index is 462. The zero-order valence-electron chi connectivity index (χ0n) is 10.4. The van der Waals surface area contributed by atoms with Crippen molar-refractivity contribution in [2.45, 2.75) is 18.9 Å². The van der Waals surface area contributed by atoms with Crippen molar-refractivity contribution in [2.24, 2.45) is 10.7 Å². The summed E-state index contributed by atoms with van der Waals surface area (Å²) in [5.41, 5.74) is 5.90. The third-order valence-electron chi connectivity index (χ3n) is 2.77. The molecule has 1 aliphatic rings. The topological polar surface area (TPSA) is 56.8 Å². The van der Waals surface area contributed by atoms with Crippen LogP contribution in [0, 0.1) is 5.82 Å². The Morgan fingerprint density at radius 1 is 1.58 bits per heavy atom. The van der Waals surface area contributed by atoms with E-state index >= 15 is 0 Å². The molecule has 0 spiro atoms. The molecule has 0 amide bonds. The lowest BCUT2D eigenvalue weighted by Gasteiger charge is -2.12. The maximum Gasteiger partial charge on any atom is 0.167 e. The molecular formula is C13H16ClFN2O2. The molecule has 0 radical (unpaired) electrons. The van der Waals surface area contributed by atoms with Crippen LogP contribution in [-0.4, -0.2) is 31.0 Å². The number of rotatable bonds is 5. The zero-order valence-corrected chi connectivity index (χ0v) is 11.2. The van der Waals surface area contributed by atoms with Gasteiger partial charge in [0.25, 0.3) is 0 Å². The summed E-state index contributed by atoms with van der Waals surface area (Å²) in [4.78, 5) is 3.96. The molecule has 4 nitrogen and oxygen atoms in total. The van der Waals surface area contributed by atoms with Gasteiger partial charge >= 0.3 is 0 Å². The number of ether oxygens (including phenoxy) is 2. The molecule has 2 N–H and O–H groups in total. The van der Waals surface area contributed by atoms with Crippen molar-refractivity contribution in [2.75, 3.05) is 19.1 Å². The van der Waals surface area contributed by atoms with Crippen LogP contribution >= 0.6 is 11.6 Å². The number of amidine groups is 1. The second kappa shape index (κ2) is 6.73. The van der Waals surface area contributed by atoms with Crippen LogP contribution in [-0.2, 0) is 4.74 Å². The van der Waals surface area contributed by atoms with Gasteiger partial charge in [-0.3, -0.25) is 0 Å². The van der Waals surface area contributed by atoms with Crippen LogP contribution in [0.2, 0.25) is 0 Å². The highest BCUT2D eigenvalue weighted by Gasteiger charge is 2.16. The molecule has 1 unspecified atom stereocenters. The van der Waals surface area contributed by atoms with Crippen LogP contribution in [0.4, 0.5) is 10.1 Å². The number of hydrogen-bond donors (Lipinski definition) is 1. The van der Waals surface area contributed by atoms with Crippen molar-refractivity contribution in [1.29, 1.82) is 0 Å². The second-order valence-electron chi connectivity index (χ2n) is 4.30. The summed E-state index contributed by atoms with van der Waals surface area (Å²) in [5, 5.41) is 0. The van der Waals surface area contributed by atoms with Crippen molar-refractivity contribution < 1.29 is 13.9 Å². The molecule has 0 bridgehead atoms. The number of nitrogens with two attached hydrogens (primary N) is 1. The molecule has 0 aliphatic carbocycles. The maximum absolute atomic E-state index is 13.8. The van der Waals surface area contributed by atoms with E-state index in [1.165, 1.54) is 12.1 Å². The molecule has 6 heteroatoms. The van der Waals surface area contributed by atoms with E-state index in [2.05, 4.69) is 4.99 Å². The van der Waals surface area contributed by atoms with Gasteiger partial charge in [0.2, 0.25) is 0 Å². The van der Waals surface area contributed by atoms with E-state index in [0.717, 1.165) is 19.4 Å². The minimum atomic E-state index is -0.471. The zero-order chi connectivity index (χ0) is 13.7. The van der Waals surface area contributed by atoms with E-state index in [1.54, 1.807) is 6.07 Å². The highest BCUT2D eigenvalue weighted by Crippen LogP contribution is 2.24. The molecule has 1 saturated heterocycles. The number of aliphatic imine (C=N–C) groups is 1. The largest absolute Gasteiger partial charge is 0.488 e. The third kappa shape index (κ3) is 4.08. The van der Waals surface area contributed by atoms with Gasteiger partial charge in [0, 0.05) is 12.7 Å². The van der Waals surface area contributed by atoms with Crippen LogP contribution in [0.5, 0.6) is 5.75 Å². The first-order valence-electron chi connectivity index (χ1n) is 6.12. The van der Waals surface area contributed by atoms with Gasteiger partial charge in [-0.25, -0.2) is 9.38 Å². The van der Waals surface area contributed by atoms with Crippen LogP contribution in [0.15, 0.2) is 23.2 Å². The van der Waals surface area contributed by atoms with Crippen molar-refractivity contribution in [1.82, 2.24) is 0 Å². The van der Waals surface area contributed by atoms with Crippen molar-refractivity contribution in [3.05, 3.63) is 24.0 Å². The average molecular weight is 287 g/mol. The summed E-state index contributed by atoms with van der Waals surface area (Å²) in [6.45, 7) is 1.12. The molecule has 0 saturated carbocycles. The van der Waals surface area contributed by atoms with Crippen molar-refractivity contribution >= 4 is 23.1 Å². The average Bonchev–Trinajstić information content (AvgIpc) is 2.91. The van der Waals surface area contributed by atoms with Gasteiger partial charge in [0.15, 0.2) is 11.6 Å². The monoisotopic (exact) mass is 286 g/mol. The molecular weight excluding hydrogens is 271 g/mol. The Morgan fingerprint density at radius 2 is 2.42 bits per heavy atom. The highest BCUT2D eigenvalue weighted by atomic mass is 35.5. The molecule has 1 aliphatic heterocycles. The van der Waals surface area contributed by atoms with Gasteiger partial charge in [0.1, 0.15) is 12.4 Å². The molecule has 2 rings (SSSR count). The molecule has 1 fully saturated rings. The quantitative estimate of drug-likeness (QED) is 0.514. The normalized spacial score (nSPS) is 19.7. The fraction of sp³-hybridized carbons (Fsp3) is 0.462. The third-order valence-corrected chi connectivity index (χ3v) is 3.05. The lowest BCUT2D eigenvalue weighted by atomic mass is 10.2. The number of benzene rings is 1. The van der Waals surface area contributed by atoms with Gasteiger partial charge in [-0.15, -0.1) is 11.6 Å². The fourth-order valence-corrected chi connectivity index (χ4v) is 1.89. The van der Waals surface area contributed by atoms with E-state index in [0.29, 0.717) is 12.3 Å². The summed E-state index contributed by atoms with van der Waals surface area (Å²) in [7, 11) is 0. The van der Waals surface area contributed by atoms with Crippen LogP contribution in [0.25, 0.3) is 0 Å². The van der Waals surface area contributed by atoms with E-state index in [4.69, 9.17) is 26.8 Å². The van der Waals surface area contributed by atoms with Gasteiger partial charge in [-0.1, -0.05) is 0 Å². The van der Waals surface area contributed by atoms with Crippen LogP contribution in [0.1, 0.15) is 12.8 Å². The summed E-state index contributed by atoms with van der Waals surface area (Å²) in [6, 6.07) is 4.43. The van der Waals surface area contributed by atoms with Gasteiger partial charge in [-0.2, -0.15) is 0 Å². The summed E-state index contributed by atoms with van der Waals surface area (Å²) < 4.78 is 24.6. The number of hydrogen-bond acceptors (Lipinski definition) is 3. The smallest absolute Gasteiger partial charge is 0.167 e. The Hall–Kier alpha value is -1.33. The van der Waals surface area contributed by atoms with Gasteiger partial charge in [-0.05, 0) is 25.0 Å². The molecule has 1 atom stereocenters. The molecule has 1 heterocycles. The SMILES string of the molecule is NC(CCl)=Nc1ccc(OCC2CCCO2)c(F)c1. The van der Waals surface area contributed by atoms with E-state index in [-0.39, 0.29) is 23.6 Å². The van der Waals surface area contributed by atoms with E-state index in [9.17, 15) is 4.39 Å². The van der Waals surface area contributed by atoms with E-state index < -0.39 is 5.82 Å². The van der Waals surface area contributed by atoms with Crippen molar-refractivity contribution in [3.8, 4) is 5.75 Å². The predicted octanol–water partition coefficient (Wildman–Crippen LogP) is 2.61. The summed E-state index contributed by atoms with van der Waals surface area (Å²) >= 11 is 5.51. The first kappa shape index (κ1) is 14.1. The predicted molar refractivity (Wildman–Crippen MR) is 72.9 cm³/mol. The Kier molecular flexibility index (Phi) is 4.99. The molecule has 104 valence electrons. The first-order valence-corrected chi connectivity index (χ1v) is 6.65. The summed E-state index contributed by atoms with van der Waals surface area (Å²) in [6.07, 6.45) is 2.04. The Balaban J connectivity index is 1.98. The maximum atomic E-state index is 13.8. The lowest BCUT2D eigenvalue weighted by Crippen LogP contribution is -2.16. The fourth-order valence-electron chi connectivity index (χ4n) is 1.83. The number of alkyl halides is 1. The van der Waals surface area contributed by atoms with Crippen molar-refractivity contribution in [3.63, 3.8) is 0 Å². The highest BCUT2D eigenvalue weighted by molar-refractivity contribution is 6.28. The molecule has 0 aromatic heterocycles. The standard InChI is InChI=1S/C13H16ClFN2O2/c14-7-13(16)17-9-3-4-12(11(15)6-9)19-8-10-2-1-5-18-10/h3-4,6,10H,1-2,5,7-8H2,(H2,16,17). The minimum absolute atomic E-state index is 0.0593. The molecule has 1 aromatic rings. The Labute approximate surface area is 116 Å². The summed E-state index contributed by atoms with van der Waals surface area (Å²) in [5.74, 6) is 0.0772. The number of halogens is 2. The minimum Gasteiger partial charge on any atom is -0.488 e. The van der Waals surface area contributed by atoms with E-state index in [1.807, 2.05) is 0 Å². The Morgan fingerprint density at radius 3 is 3.05 bits per heavy atom.